The van der Waals surface area contributed by atoms with Crippen LogP contribution in [0, 0.1) is 12.7 Å². The summed E-state index contributed by atoms with van der Waals surface area (Å²) in [5.41, 5.74) is 6.88. The van der Waals surface area contributed by atoms with E-state index in [9.17, 15) is 4.39 Å². The number of aromatic nitrogens is 2. The molecule has 6 heteroatoms. The average Bonchev–Trinajstić information content (AvgIpc) is 2.37. The van der Waals surface area contributed by atoms with Gasteiger partial charge in [0, 0.05) is 16.5 Å². The fraction of sp³-hybridized carbons (Fsp3) is 0.231. The normalized spacial score (nSPS) is 10.5. The van der Waals surface area contributed by atoms with E-state index in [-0.39, 0.29) is 5.82 Å². The predicted molar refractivity (Wildman–Crippen MR) is 77.9 cm³/mol. The first kappa shape index (κ1) is 13.7. The number of benzene rings is 1. The van der Waals surface area contributed by atoms with Crippen molar-refractivity contribution < 1.29 is 4.39 Å². The summed E-state index contributed by atoms with van der Waals surface area (Å²) >= 11 is 3.22. The lowest BCUT2D eigenvalue weighted by molar-refractivity contribution is 0.631. The predicted octanol–water partition coefficient (Wildman–Crippen LogP) is 3.57. The minimum Gasteiger partial charge on any atom is -0.383 e. The van der Waals surface area contributed by atoms with Crippen LogP contribution < -0.4 is 11.1 Å². The second-order valence-corrected chi connectivity index (χ2v) is 5.02. The van der Waals surface area contributed by atoms with Crippen LogP contribution >= 0.6 is 15.9 Å². The summed E-state index contributed by atoms with van der Waals surface area (Å²) in [5.74, 6) is 1.21. The molecule has 0 bridgehead atoms. The van der Waals surface area contributed by atoms with Crippen LogP contribution in [0.3, 0.4) is 0 Å². The molecule has 0 fully saturated rings. The third kappa shape index (κ3) is 3.01. The van der Waals surface area contributed by atoms with Gasteiger partial charge < -0.3 is 11.1 Å². The Balaban J connectivity index is 2.40. The van der Waals surface area contributed by atoms with Crippen LogP contribution in [0.2, 0.25) is 0 Å². The van der Waals surface area contributed by atoms with Crippen molar-refractivity contribution in [1.29, 1.82) is 0 Å². The zero-order chi connectivity index (χ0) is 14.0. The third-order valence-electron chi connectivity index (χ3n) is 2.73. The van der Waals surface area contributed by atoms with Gasteiger partial charge >= 0.3 is 0 Å². The van der Waals surface area contributed by atoms with Crippen LogP contribution in [-0.2, 0) is 6.42 Å². The van der Waals surface area contributed by atoms with Gasteiger partial charge in [0.05, 0.1) is 5.69 Å². The van der Waals surface area contributed by atoms with E-state index in [0.717, 1.165) is 0 Å². The Morgan fingerprint density at radius 2 is 2.11 bits per heavy atom. The third-order valence-corrected chi connectivity index (χ3v) is 3.22. The molecule has 0 radical (unpaired) electrons. The van der Waals surface area contributed by atoms with Gasteiger partial charge in [-0.15, -0.1) is 0 Å². The van der Waals surface area contributed by atoms with E-state index in [1.807, 2.05) is 6.92 Å². The Morgan fingerprint density at radius 1 is 1.37 bits per heavy atom. The fourth-order valence-corrected chi connectivity index (χ4v) is 1.91. The molecule has 100 valence electrons. The Kier molecular flexibility index (Phi) is 3.99. The maximum atomic E-state index is 13.8. The van der Waals surface area contributed by atoms with Gasteiger partial charge in [-0.2, -0.15) is 0 Å². The first-order valence-electron chi connectivity index (χ1n) is 5.86. The molecule has 0 aliphatic heterocycles. The summed E-state index contributed by atoms with van der Waals surface area (Å²) in [5, 5.41) is 2.96. The number of hydrogen-bond donors (Lipinski definition) is 2. The summed E-state index contributed by atoms with van der Waals surface area (Å²) in [4.78, 5) is 8.49. The second kappa shape index (κ2) is 5.52. The topological polar surface area (TPSA) is 63.8 Å². The van der Waals surface area contributed by atoms with Crippen molar-refractivity contribution in [2.75, 3.05) is 11.1 Å². The summed E-state index contributed by atoms with van der Waals surface area (Å²) in [6, 6.07) is 4.79. The highest BCUT2D eigenvalue weighted by atomic mass is 79.9. The SMILES string of the molecule is CCc1nc(N)c(C)c(Nc2ccc(Br)cc2F)n1. The number of halogens is 2. The van der Waals surface area contributed by atoms with Crippen molar-refractivity contribution in [2.45, 2.75) is 20.3 Å². The van der Waals surface area contributed by atoms with E-state index in [4.69, 9.17) is 5.73 Å². The maximum absolute atomic E-state index is 13.8. The minimum atomic E-state index is -0.357. The van der Waals surface area contributed by atoms with Crippen molar-refractivity contribution in [3.8, 4) is 0 Å². The van der Waals surface area contributed by atoms with Crippen molar-refractivity contribution in [1.82, 2.24) is 9.97 Å². The van der Waals surface area contributed by atoms with E-state index >= 15 is 0 Å². The fourth-order valence-electron chi connectivity index (χ4n) is 1.58. The van der Waals surface area contributed by atoms with Gasteiger partial charge in [0.15, 0.2) is 0 Å². The van der Waals surface area contributed by atoms with Crippen LogP contribution in [0.4, 0.5) is 21.7 Å². The standard InChI is InChI=1S/C13H14BrFN4/c1-3-11-18-12(16)7(2)13(19-11)17-10-5-4-8(14)6-9(10)15/h4-6H,3H2,1-2H3,(H3,16,17,18,19). The van der Waals surface area contributed by atoms with Crippen molar-refractivity contribution in [2.24, 2.45) is 0 Å². The van der Waals surface area contributed by atoms with E-state index in [2.05, 4.69) is 31.2 Å². The number of hydrogen-bond acceptors (Lipinski definition) is 4. The summed E-state index contributed by atoms with van der Waals surface area (Å²) < 4.78 is 14.5. The maximum Gasteiger partial charge on any atom is 0.147 e. The molecule has 0 atom stereocenters. The molecular weight excluding hydrogens is 311 g/mol. The Hall–Kier alpha value is -1.69. The molecule has 0 aliphatic rings. The average molecular weight is 325 g/mol. The number of anilines is 3. The molecule has 1 aromatic carbocycles. The number of nitrogen functional groups attached to an aromatic ring is 1. The Bertz CT molecular complexity index is 616. The molecule has 19 heavy (non-hydrogen) atoms. The molecule has 1 heterocycles. The minimum absolute atomic E-state index is 0.353. The molecule has 0 amide bonds. The summed E-state index contributed by atoms with van der Waals surface area (Å²) in [7, 11) is 0. The van der Waals surface area contributed by atoms with Crippen LogP contribution in [0.25, 0.3) is 0 Å². The van der Waals surface area contributed by atoms with Gasteiger partial charge in [0.25, 0.3) is 0 Å². The van der Waals surface area contributed by atoms with Gasteiger partial charge in [-0.1, -0.05) is 22.9 Å². The molecular formula is C13H14BrFN4. The van der Waals surface area contributed by atoms with Crippen LogP contribution in [-0.4, -0.2) is 9.97 Å². The highest BCUT2D eigenvalue weighted by Gasteiger charge is 2.10. The van der Waals surface area contributed by atoms with Crippen LogP contribution in [0.15, 0.2) is 22.7 Å². The molecule has 1 aromatic heterocycles. The molecule has 0 saturated heterocycles. The smallest absolute Gasteiger partial charge is 0.147 e. The molecule has 0 spiro atoms. The van der Waals surface area contributed by atoms with E-state index in [1.165, 1.54) is 6.07 Å². The lowest BCUT2D eigenvalue weighted by Crippen LogP contribution is -2.07. The van der Waals surface area contributed by atoms with Gasteiger partial charge in [-0.3, -0.25) is 0 Å². The Labute approximate surface area is 119 Å². The van der Waals surface area contributed by atoms with Gasteiger partial charge in [0.2, 0.25) is 0 Å². The molecule has 0 aliphatic carbocycles. The van der Waals surface area contributed by atoms with E-state index in [1.54, 1.807) is 19.1 Å². The van der Waals surface area contributed by atoms with Crippen LogP contribution in [0.5, 0.6) is 0 Å². The number of nitrogens with zero attached hydrogens (tertiary/aromatic N) is 2. The first-order valence-corrected chi connectivity index (χ1v) is 6.65. The monoisotopic (exact) mass is 324 g/mol. The highest BCUT2D eigenvalue weighted by molar-refractivity contribution is 9.10. The molecule has 2 rings (SSSR count). The number of nitrogens with one attached hydrogen (secondary N) is 1. The lowest BCUT2D eigenvalue weighted by Gasteiger charge is -2.12. The highest BCUT2D eigenvalue weighted by Crippen LogP contribution is 2.25. The zero-order valence-corrected chi connectivity index (χ0v) is 12.3. The van der Waals surface area contributed by atoms with E-state index in [0.29, 0.717) is 39.6 Å². The van der Waals surface area contributed by atoms with E-state index < -0.39 is 0 Å². The number of rotatable bonds is 3. The van der Waals surface area contributed by atoms with Crippen molar-refractivity contribution >= 4 is 33.3 Å². The first-order chi connectivity index (χ1) is 9.01. The van der Waals surface area contributed by atoms with Gasteiger partial charge in [-0.05, 0) is 25.1 Å². The number of nitrogens with two attached hydrogens (primary N) is 1. The zero-order valence-electron chi connectivity index (χ0n) is 10.7. The molecule has 4 nitrogen and oxygen atoms in total. The van der Waals surface area contributed by atoms with Gasteiger partial charge in [-0.25, -0.2) is 14.4 Å². The lowest BCUT2D eigenvalue weighted by atomic mass is 10.2. The Morgan fingerprint density at radius 3 is 2.74 bits per heavy atom. The second-order valence-electron chi connectivity index (χ2n) is 4.10. The van der Waals surface area contributed by atoms with Crippen LogP contribution in [0.1, 0.15) is 18.3 Å². The van der Waals surface area contributed by atoms with Gasteiger partial charge in [0.1, 0.15) is 23.3 Å². The largest absolute Gasteiger partial charge is 0.383 e. The summed E-state index contributed by atoms with van der Waals surface area (Å²) in [6.45, 7) is 3.74. The molecule has 0 unspecified atom stereocenters. The molecule has 2 aromatic rings. The van der Waals surface area contributed by atoms with Crippen molar-refractivity contribution in [3.05, 3.63) is 39.9 Å². The summed E-state index contributed by atoms with van der Waals surface area (Å²) in [6.07, 6.45) is 0.669. The van der Waals surface area contributed by atoms with Crippen molar-refractivity contribution in [3.63, 3.8) is 0 Å². The molecule has 3 N–H and O–H groups in total. The molecule has 0 saturated carbocycles. The quantitative estimate of drug-likeness (QED) is 0.905. The number of aryl methyl sites for hydroxylation is 1.